The molecule has 0 aliphatic carbocycles. The summed E-state index contributed by atoms with van der Waals surface area (Å²) >= 11 is 1.68. The van der Waals surface area contributed by atoms with Crippen molar-refractivity contribution in [3.63, 3.8) is 0 Å². The van der Waals surface area contributed by atoms with E-state index in [0.717, 1.165) is 43.4 Å². The molecule has 0 bridgehead atoms. The van der Waals surface area contributed by atoms with Crippen LogP contribution >= 0.6 is 11.3 Å². The van der Waals surface area contributed by atoms with E-state index in [0.29, 0.717) is 11.3 Å². The largest absolute Gasteiger partial charge is 0.347 e. The van der Waals surface area contributed by atoms with E-state index in [1.165, 1.54) is 6.92 Å². The van der Waals surface area contributed by atoms with Gasteiger partial charge in [-0.1, -0.05) is 0 Å². The van der Waals surface area contributed by atoms with Crippen LogP contribution in [0.4, 0.5) is 10.8 Å². The maximum absolute atomic E-state index is 12.7. The molecule has 1 N–H and O–H groups in total. The number of thiazole rings is 1. The van der Waals surface area contributed by atoms with Crippen LogP contribution in [0.1, 0.15) is 36.3 Å². The van der Waals surface area contributed by atoms with Crippen LogP contribution in [0.3, 0.4) is 0 Å². The second-order valence-electron chi connectivity index (χ2n) is 6.95. The minimum Gasteiger partial charge on any atom is -0.347 e. The van der Waals surface area contributed by atoms with E-state index in [9.17, 15) is 9.59 Å². The number of hydrogen-bond acceptors (Lipinski definition) is 6. The smallest absolute Gasteiger partial charge is 0.241 e. The van der Waals surface area contributed by atoms with Crippen LogP contribution < -0.4 is 10.2 Å². The van der Waals surface area contributed by atoms with Gasteiger partial charge in [-0.15, -0.1) is 11.3 Å². The third kappa shape index (κ3) is 4.93. The molecule has 0 spiro atoms. The maximum Gasteiger partial charge on any atom is 0.241 e. The minimum atomic E-state index is -0.213. The van der Waals surface area contributed by atoms with Crippen LogP contribution in [0.25, 0.3) is 0 Å². The van der Waals surface area contributed by atoms with E-state index < -0.39 is 0 Å². The monoisotopic (exact) mass is 386 g/mol. The Kier molecular flexibility index (Phi) is 6.23. The molecular formula is C20H26N4O2S. The van der Waals surface area contributed by atoms with E-state index in [1.54, 1.807) is 35.6 Å². The number of nitrogens with zero attached hydrogens (tertiary/aromatic N) is 3. The molecule has 1 aliphatic rings. The molecule has 0 saturated carbocycles. The molecule has 1 aliphatic heterocycles. The van der Waals surface area contributed by atoms with Crippen molar-refractivity contribution in [1.82, 2.24) is 9.88 Å². The molecule has 1 aromatic heterocycles. The molecule has 2 aromatic rings. The van der Waals surface area contributed by atoms with Gasteiger partial charge >= 0.3 is 0 Å². The lowest BCUT2D eigenvalue weighted by Gasteiger charge is -2.27. The van der Waals surface area contributed by atoms with Crippen molar-refractivity contribution in [2.45, 2.75) is 33.2 Å². The SMILES string of the molecule is CC(=O)c1ccc(NC(=O)C(C)N2CCCN(c3nc(C)cs3)CC2)cc1. The highest BCUT2D eigenvalue weighted by molar-refractivity contribution is 7.13. The summed E-state index contributed by atoms with van der Waals surface area (Å²) in [5, 5.41) is 6.10. The number of aromatic nitrogens is 1. The van der Waals surface area contributed by atoms with Crippen molar-refractivity contribution < 1.29 is 9.59 Å². The number of rotatable bonds is 5. The van der Waals surface area contributed by atoms with Gasteiger partial charge in [0.05, 0.1) is 11.7 Å². The lowest BCUT2D eigenvalue weighted by atomic mass is 10.1. The fourth-order valence-electron chi connectivity index (χ4n) is 3.20. The number of hydrogen-bond donors (Lipinski definition) is 1. The quantitative estimate of drug-likeness (QED) is 0.800. The van der Waals surface area contributed by atoms with Crippen molar-refractivity contribution in [3.8, 4) is 0 Å². The van der Waals surface area contributed by atoms with E-state index >= 15 is 0 Å². The average Bonchev–Trinajstić information content (AvgIpc) is 2.93. The first kappa shape index (κ1) is 19.5. The number of amides is 1. The lowest BCUT2D eigenvalue weighted by Crippen LogP contribution is -2.43. The Morgan fingerprint density at radius 2 is 1.89 bits per heavy atom. The Labute approximate surface area is 164 Å². The van der Waals surface area contributed by atoms with Crippen molar-refractivity contribution >= 4 is 33.8 Å². The standard InChI is InChI=1S/C20H26N4O2S/c1-14-13-27-20(21-14)24-10-4-9-23(11-12-24)15(2)19(26)22-18-7-5-17(6-8-18)16(3)25/h5-8,13,15H,4,9-12H2,1-3H3,(H,22,26). The van der Waals surface area contributed by atoms with Crippen LogP contribution in [0.2, 0.25) is 0 Å². The molecule has 0 radical (unpaired) electrons. The van der Waals surface area contributed by atoms with Gasteiger partial charge in [0.1, 0.15) is 0 Å². The summed E-state index contributed by atoms with van der Waals surface area (Å²) in [5.74, 6) is -0.00471. The lowest BCUT2D eigenvalue weighted by molar-refractivity contribution is -0.120. The van der Waals surface area contributed by atoms with Gasteiger partial charge in [-0.05, 0) is 51.5 Å². The zero-order valence-corrected chi connectivity index (χ0v) is 16.9. The molecule has 1 saturated heterocycles. The van der Waals surface area contributed by atoms with Crippen LogP contribution in [-0.4, -0.2) is 53.8 Å². The van der Waals surface area contributed by atoms with Gasteiger partial charge in [0.15, 0.2) is 10.9 Å². The average molecular weight is 387 g/mol. The van der Waals surface area contributed by atoms with E-state index in [2.05, 4.69) is 25.5 Å². The first-order valence-corrected chi connectivity index (χ1v) is 10.1. The number of Topliss-reactive ketones (excluding diaryl/α,β-unsaturated/α-hetero) is 1. The van der Waals surface area contributed by atoms with Crippen molar-refractivity contribution in [2.24, 2.45) is 0 Å². The predicted octanol–water partition coefficient (Wildman–Crippen LogP) is 3.19. The Balaban J connectivity index is 1.57. The van der Waals surface area contributed by atoms with Gasteiger partial charge in [-0.3, -0.25) is 14.5 Å². The number of carbonyl (C=O) groups excluding carboxylic acids is 2. The highest BCUT2D eigenvalue weighted by Crippen LogP contribution is 2.22. The number of aryl methyl sites for hydroxylation is 1. The zero-order valence-electron chi connectivity index (χ0n) is 16.1. The number of carbonyl (C=O) groups is 2. The van der Waals surface area contributed by atoms with E-state index in [4.69, 9.17) is 0 Å². The van der Waals surface area contributed by atoms with Crippen LogP contribution in [0, 0.1) is 6.92 Å². The molecule has 1 amide bonds. The third-order valence-electron chi connectivity index (χ3n) is 4.89. The molecular weight excluding hydrogens is 360 g/mol. The fourth-order valence-corrected chi connectivity index (χ4v) is 4.06. The summed E-state index contributed by atoms with van der Waals surface area (Å²) in [6.07, 6.45) is 1.00. The normalized spacial score (nSPS) is 16.6. The van der Waals surface area contributed by atoms with E-state index in [-0.39, 0.29) is 17.7 Å². The number of anilines is 2. The molecule has 6 nitrogen and oxygen atoms in total. The van der Waals surface area contributed by atoms with Gasteiger partial charge in [-0.2, -0.15) is 0 Å². The molecule has 7 heteroatoms. The summed E-state index contributed by atoms with van der Waals surface area (Å²) in [6.45, 7) is 9.05. The van der Waals surface area contributed by atoms with Gasteiger partial charge in [0, 0.05) is 42.8 Å². The van der Waals surface area contributed by atoms with Crippen LogP contribution in [0.5, 0.6) is 0 Å². The number of ketones is 1. The second kappa shape index (κ2) is 8.63. The van der Waals surface area contributed by atoms with Gasteiger partial charge < -0.3 is 10.2 Å². The molecule has 2 heterocycles. The summed E-state index contributed by atoms with van der Waals surface area (Å²) in [7, 11) is 0. The fraction of sp³-hybridized carbons (Fsp3) is 0.450. The van der Waals surface area contributed by atoms with Crippen molar-refractivity contribution in [1.29, 1.82) is 0 Å². The zero-order chi connectivity index (χ0) is 19.4. The van der Waals surface area contributed by atoms with E-state index in [1.807, 2.05) is 13.8 Å². The highest BCUT2D eigenvalue weighted by atomic mass is 32.1. The summed E-state index contributed by atoms with van der Waals surface area (Å²) in [6, 6.07) is 6.81. The first-order valence-electron chi connectivity index (χ1n) is 9.27. The van der Waals surface area contributed by atoms with Crippen molar-refractivity contribution in [2.75, 3.05) is 36.4 Å². The molecule has 144 valence electrons. The van der Waals surface area contributed by atoms with Crippen molar-refractivity contribution in [3.05, 3.63) is 40.9 Å². The molecule has 1 fully saturated rings. The number of nitrogens with one attached hydrogen (secondary N) is 1. The molecule has 1 atom stereocenters. The third-order valence-corrected chi connectivity index (χ3v) is 5.91. The molecule has 27 heavy (non-hydrogen) atoms. The highest BCUT2D eigenvalue weighted by Gasteiger charge is 2.25. The number of benzene rings is 1. The summed E-state index contributed by atoms with van der Waals surface area (Å²) < 4.78 is 0. The summed E-state index contributed by atoms with van der Waals surface area (Å²) in [5.41, 5.74) is 2.41. The Morgan fingerprint density at radius 1 is 1.15 bits per heavy atom. The predicted molar refractivity (Wildman–Crippen MR) is 110 cm³/mol. The van der Waals surface area contributed by atoms with Crippen LogP contribution in [-0.2, 0) is 4.79 Å². The Hall–Kier alpha value is -2.25. The maximum atomic E-state index is 12.7. The van der Waals surface area contributed by atoms with Gasteiger partial charge in [-0.25, -0.2) is 4.98 Å². The van der Waals surface area contributed by atoms with Gasteiger partial charge in [0.25, 0.3) is 0 Å². The van der Waals surface area contributed by atoms with Crippen LogP contribution in [0.15, 0.2) is 29.6 Å². The molecule has 1 aromatic carbocycles. The molecule has 1 unspecified atom stereocenters. The summed E-state index contributed by atoms with van der Waals surface area (Å²) in [4.78, 5) is 33.1. The first-order chi connectivity index (χ1) is 12.9. The topological polar surface area (TPSA) is 65.5 Å². The van der Waals surface area contributed by atoms with Gasteiger partial charge in [0.2, 0.25) is 5.91 Å². The molecule has 3 rings (SSSR count). The second-order valence-corrected chi connectivity index (χ2v) is 7.78. The Morgan fingerprint density at radius 3 is 2.52 bits per heavy atom. The minimum absolute atomic E-state index is 0.0192. The Bertz CT molecular complexity index is 803.